The van der Waals surface area contributed by atoms with Crippen LogP contribution in [0.3, 0.4) is 0 Å². The molecule has 0 aliphatic rings. The second-order valence-electron chi connectivity index (χ2n) is 4.55. The maximum absolute atomic E-state index is 6.03. The molecule has 0 aromatic carbocycles. The molecule has 0 aliphatic carbocycles. The van der Waals surface area contributed by atoms with Crippen LogP contribution in [0.15, 0.2) is 0 Å². The van der Waals surface area contributed by atoms with Crippen LogP contribution in [0.4, 0.5) is 0 Å². The summed E-state index contributed by atoms with van der Waals surface area (Å²) < 4.78 is 2.06. The van der Waals surface area contributed by atoms with E-state index in [1.165, 1.54) is 38.5 Å². The number of aromatic nitrogens is 3. The van der Waals surface area contributed by atoms with Crippen molar-refractivity contribution in [3.05, 3.63) is 11.1 Å². The van der Waals surface area contributed by atoms with Gasteiger partial charge in [0.05, 0.1) is 0 Å². The summed E-state index contributed by atoms with van der Waals surface area (Å²) in [5, 5.41) is 8.60. The third-order valence-corrected chi connectivity index (χ3v) is 3.27. The van der Waals surface area contributed by atoms with Gasteiger partial charge in [0, 0.05) is 13.0 Å². The summed E-state index contributed by atoms with van der Waals surface area (Å²) in [6.07, 6.45) is 9.86. The van der Waals surface area contributed by atoms with Crippen molar-refractivity contribution in [3.8, 4) is 0 Å². The van der Waals surface area contributed by atoms with Gasteiger partial charge >= 0.3 is 0 Å². The quantitative estimate of drug-likeness (QED) is 0.620. The van der Waals surface area contributed by atoms with Gasteiger partial charge in [-0.05, 0) is 24.4 Å². The van der Waals surface area contributed by atoms with Crippen molar-refractivity contribution in [2.24, 2.45) is 0 Å². The van der Waals surface area contributed by atoms with E-state index in [2.05, 4.69) is 28.6 Å². The molecule has 0 atom stereocenters. The zero-order chi connectivity index (χ0) is 12.5. The van der Waals surface area contributed by atoms with Gasteiger partial charge in [-0.3, -0.25) is 0 Å². The van der Waals surface area contributed by atoms with Crippen LogP contribution >= 0.6 is 11.6 Å². The minimum Gasteiger partial charge on any atom is -0.302 e. The maximum atomic E-state index is 6.03. The highest BCUT2D eigenvalue weighted by Crippen LogP contribution is 2.13. The standard InChI is InChI=1S/C13H24ClN3/c1-3-5-6-7-8-9-11-17-12(10-4-2)15-16-13(17)14/h3-11H2,1-2H3. The SMILES string of the molecule is CCCCCCCCn1c(Cl)nnc1CCC. The first-order chi connectivity index (χ1) is 8.29. The van der Waals surface area contributed by atoms with E-state index in [-0.39, 0.29) is 0 Å². The monoisotopic (exact) mass is 257 g/mol. The van der Waals surface area contributed by atoms with Crippen molar-refractivity contribution in [2.45, 2.75) is 71.8 Å². The molecule has 0 N–H and O–H groups in total. The Labute approximate surface area is 110 Å². The fourth-order valence-electron chi connectivity index (χ4n) is 1.99. The number of hydrogen-bond acceptors (Lipinski definition) is 2. The largest absolute Gasteiger partial charge is 0.302 e. The average molecular weight is 258 g/mol. The van der Waals surface area contributed by atoms with Crippen molar-refractivity contribution >= 4 is 11.6 Å². The summed E-state index contributed by atoms with van der Waals surface area (Å²) in [5.74, 6) is 1.03. The fourth-order valence-corrected chi connectivity index (χ4v) is 2.21. The van der Waals surface area contributed by atoms with Gasteiger partial charge in [-0.1, -0.05) is 46.0 Å². The number of rotatable bonds is 9. The molecule has 0 bridgehead atoms. The van der Waals surface area contributed by atoms with Gasteiger partial charge in [0.1, 0.15) is 5.82 Å². The first-order valence-electron chi connectivity index (χ1n) is 6.87. The molecule has 3 nitrogen and oxygen atoms in total. The van der Waals surface area contributed by atoms with Crippen molar-refractivity contribution in [3.63, 3.8) is 0 Å². The Morgan fingerprint density at radius 2 is 1.65 bits per heavy atom. The van der Waals surface area contributed by atoms with Crippen LogP contribution in [0.25, 0.3) is 0 Å². The molecule has 1 aromatic rings. The van der Waals surface area contributed by atoms with E-state index in [1.54, 1.807) is 0 Å². The smallest absolute Gasteiger partial charge is 0.225 e. The number of hydrogen-bond donors (Lipinski definition) is 0. The lowest BCUT2D eigenvalue weighted by molar-refractivity contribution is 0.544. The topological polar surface area (TPSA) is 30.7 Å². The van der Waals surface area contributed by atoms with Gasteiger partial charge in [0.2, 0.25) is 5.28 Å². The molecule has 0 unspecified atom stereocenters. The molecule has 0 saturated carbocycles. The van der Waals surface area contributed by atoms with E-state index in [0.29, 0.717) is 5.28 Å². The molecule has 98 valence electrons. The summed E-state index contributed by atoms with van der Waals surface area (Å²) in [6, 6.07) is 0. The molecule has 1 heterocycles. The zero-order valence-corrected chi connectivity index (χ0v) is 11.8. The Kier molecular flexibility index (Phi) is 7.25. The van der Waals surface area contributed by atoms with Gasteiger partial charge in [0.15, 0.2) is 0 Å². The number of nitrogens with zero attached hydrogens (tertiary/aromatic N) is 3. The second kappa shape index (κ2) is 8.51. The molecule has 0 saturated heterocycles. The molecule has 0 amide bonds. The summed E-state index contributed by atoms with van der Waals surface area (Å²) >= 11 is 6.03. The van der Waals surface area contributed by atoms with Gasteiger partial charge in [-0.25, -0.2) is 0 Å². The molecular formula is C13H24ClN3. The molecule has 1 rings (SSSR count). The summed E-state index contributed by atoms with van der Waals surface area (Å²) in [7, 11) is 0. The Hall–Kier alpha value is -0.570. The van der Waals surface area contributed by atoms with Crippen molar-refractivity contribution < 1.29 is 0 Å². The van der Waals surface area contributed by atoms with E-state index >= 15 is 0 Å². The highest BCUT2D eigenvalue weighted by Gasteiger charge is 2.08. The van der Waals surface area contributed by atoms with Gasteiger partial charge in [-0.15, -0.1) is 10.2 Å². The van der Waals surface area contributed by atoms with E-state index in [9.17, 15) is 0 Å². The number of halogens is 1. The van der Waals surface area contributed by atoms with E-state index in [0.717, 1.165) is 25.2 Å². The molecule has 1 aromatic heterocycles. The van der Waals surface area contributed by atoms with Gasteiger partial charge in [-0.2, -0.15) is 0 Å². The van der Waals surface area contributed by atoms with E-state index in [1.807, 2.05) is 0 Å². The van der Waals surface area contributed by atoms with Crippen molar-refractivity contribution in [1.29, 1.82) is 0 Å². The van der Waals surface area contributed by atoms with Crippen LogP contribution in [0.5, 0.6) is 0 Å². The third-order valence-electron chi connectivity index (χ3n) is 2.99. The highest BCUT2D eigenvalue weighted by atomic mass is 35.5. The van der Waals surface area contributed by atoms with Crippen LogP contribution in [0, 0.1) is 0 Å². The maximum Gasteiger partial charge on any atom is 0.225 e. The first-order valence-corrected chi connectivity index (χ1v) is 7.25. The molecule has 0 fully saturated rings. The lowest BCUT2D eigenvalue weighted by Crippen LogP contribution is -2.04. The number of unbranched alkanes of at least 4 members (excludes halogenated alkanes) is 5. The Morgan fingerprint density at radius 3 is 2.35 bits per heavy atom. The van der Waals surface area contributed by atoms with Gasteiger partial charge < -0.3 is 4.57 Å². The van der Waals surface area contributed by atoms with Crippen LogP contribution in [0.1, 0.15) is 64.6 Å². The first kappa shape index (κ1) is 14.5. The lowest BCUT2D eigenvalue weighted by Gasteiger charge is -2.06. The normalized spacial score (nSPS) is 11.0. The molecule has 17 heavy (non-hydrogen) atoms. The van der Waals surface area contributed by atoms with Gasteiger partial charge in [0.25, 0.3) is 0 Å². The Balaban J connectivity index is 2.27. The van der Waals surface area contributed by atoms with E-state index < -0.39 is 0 Å². The second-order valence-corrected chi connectivity index (χ2v) is 4.89. The molecule has 0 aliphatic heterocycles. The van der Waals surface area contributed by atoms with Crippen LogP contribution < -0.4 is 0 Å². The fraction of sp³-hybridized carbons (Fsp3) is 0.846. The zero-order valence-electron chi connectivity index (χ0n) is 11.1. The molecular weight excluding hydrogens is 234 g/mol. The van der Waals surface area contributed by atoms with E-state index in [4.69, 9.17) is 11.6 Å². The molecule has 4 heteroatoms. The summed E-state index contributed by atoms with van der Waals surface area (Å²) in [4.78, 5) is 0. The van der Waals surface area contributed by atoms with Crippen LogP contribution in [-0.2, 0) is 13.0 Å². The third kappa shape index (κ3) is 5.07. The number of aryl methyl sites for hydroxylation is 1. The Morgan fingerprint density at radius 1 is 0.941 bits per heavy atom. The average Bonchev–Trinajstić information content (AvgIpc) is 2.66. The minimum absolute atomic E-state index is 0.544. The van der Waals surface area contributed by atoms with Crippen molar-refractivity contribution in [1.82, 2.24) is 14.8 Å². The minimum atomic E-state index is 0.544. The summed E-state index contributed by atoms with van der Waals surface area (Å²) in [6.45, 7) is 5.36. The predicted molar refractivity (Wildman–Crippen MR) is 72.4 cm³/mol. The molecule has 0 spiro atoms. The van der Waals surface area contributed by atoms with Crippen LogP contribution in [-0.4, -0.2) is 14.8 Å². The lowest BCUT2D eigenvalue weighted by atomic mass is 10.1. The Bertz CT molecular complexity index is 310. The molecule has 0 radical (unpaired) electrons. The van der Waals surface area contributed by atoms with Crippen LogP contribution in [0.2, 0.25) is 5.28 Å². The summed E-state index contributed by atoms with van der Waals surface area (Å²) in [5.41, 5.74) is 0. The highest BCUT2D eigenvalue weighted by molar-refractivity contribution is 6.28. The van der Waals surface area contributed by atoms with Crippen molar-refractivity contribution in [2.75, 3.05) is 0 Å². The predicted octanol–water partition coefficient (Wildman–Crippen LogP) is 4.24.